The lowest BCUT2D eigenvalue weighted by Crippen LogP contribution is -2.41. The molecule has 0 heterocycles. The fourth-order valence-corrected chi connectivity index (χ4v) is 2.89. The minimum atomic E-state index is 0.337. The third-order valence-electron chi connectivity index (χ3n) is 3.95. The number of hydrogen-bond donors (Lipinski definition) is 1. The van der Waals surface area contributed by atoms with Gasteiger partial charge >= 0.3 is 0 Å². The molecule has 2 N–H and O–H groups in total. The quantitative estimate of drug-likeness (QED) is 0.643. The molecule has 0 atom stereocenters. The number of amides is 1. The molecular weight excluding hydrogens is 224 g/mol. The summed E-state index contributed by atoms with van der Waals surface area (Å²) in [5.41, 5.74) is 5.64. The summed E-state index contributed by atoms with van der Waals surface area (Å²) in [4.78, 5) is 14.3. The predicted octanol–water partition coefficient (Wildman–Crippen LogP) is 3.08. The monoisotopic (exact) mass is 254 g/mol. The zero-order chi connectivity index (χ0) is 13.2. The molecule has 1 aliphatic carbocycles. The molecule has 1 fully saturated rings. The van der Waals surface area contributed by atoms with Gasteiger partial charge in [-0.3, -0.25) is 4.79 Å². The highest BCUT2D eigenvalue weighted by Gasteiger charge is 2.25. The van der Waals surface area contributed by atoms with Gasteiger partial charge in [-0.2, -0.15) is 0 Å². The van der Waals surface area contributed by atoms with Crippen molar-refractivity contribution in [2.45, 2.75) is 77.2 Å². The fourth-order valence-electron chi connectivity index (χ4n) is 2.89. The maximum absolute atomic E-state index is 12.2. The lowest BCUT2D eigenvalue weighted by Gasteiger charge is -2.28. The summed E-state index contributed by atoms with van der Waals surface area (Å²) in [7, 11) is 0. The summed E-state index contributed by atoms with van der Waals surface area (Å²) in [5, 5.41) is 0. The van der Waals surface area contributed by atoms with E-state index < -0.39 is 0 Å². The van der Waals surface area contributed by atoms with Gasteiger partial charge in [0.05, 0.1) is 0 Å². The second kappa shape index (κ2) is 9.37. The van der Waals surface area contributed by atoms with Crippen molar-refractivity contribution in [1.82, 2.24) is 4.90 Å². The first-order valence-electron chi connectivity index (χ1n) is 7.79. The largest absolute Gasteiger partial charge is 0.338 e. The van der Waals surface area contributed by atoms with Crippen molar-refractivity contribution in [1.29, 1.82) is 0 Å². The summed E-state index contributed by atoms with van der Waals surface area (Å²) in [6.45, 7) is 3.56. The minimum absolute atomic E-state index is 0.337. The number of nitrogens with zero attached hydrogens (tertiary/aromatic N) is 1. The Hall–Kier alpha value is -0.570. The van der Waals surface area contributed by atoms with E-state index in [2.05, 4.69) is 11.8 Å². The second-order valence-electron chi connectivity index (χ2n) is 5.48. The number of rotatable bonds is 9. The highest BCUT2D eigenvalue weighted by atomic mass is 16.2. The predicted molar refractivity (Wildman–Crippen MR) is 76.4 cm³/mol. The van der Waals surface area contributed by atoms with Gasteiger partial charge in [-0.1, -0.05) is 45.4 Å². The molecule has 1 rings (SSSR count). The lowest BCUT2D eigenvalue weighted by molar-refractivity contribution is -0.133. The van der Waals surface area contributed by atoms with Gasteiger partial charge < -0.3 is 10.6 Å². The third kappa shape index (κ3) is 5.38. The molecule has 106 valence electrons. The Morgan fingerprint density at radius 3 is 2.44 bits per heavy atom. The number of carbonyl (C=O) groups excluding carboxylic acids is 1. The van der Waals surface area contributed by atoms with Crippen molar-refractivity contribution in [2.75, 3.05) is 13.1 Å². The minimum Gasteiger partial charge on any atom is -0.338 e. The summed E-state index contributed by atoms with van der Waals surface area (Å²) in [6, 6.07) is 0.483. The molecule has 1 saturated carbocycles. The van der Waals surface area contributed by atoms with E-state index >= 15 is 0 Å². The fraction of sp³-hybridized carbons (Fsp3) is 0.933. The molecule has 0 spiro atoms. The van der Waals surface area contributed by atoms with Gasteiger partial charge in [-0.05, 0) is 19.3 Å². The Labute approximate surface area is 112 Å². The van der Waals surface area contributed by atoms with Crippen molar-refractivity contribution in [3.8, 4) is 0 Å². The van der Waals surface area contributed by atoms with E-state index in [4.69, 9.17) is 5.73 Å². The van der Waals surface area contributed by atoms with Crippen LogP contribution in [0, 0.1) is 0 Å². The summed E-state index contributed by atoms with van der Waals surface area (Å²) in [5.74, 6) is 0.337. The average Bonchev–Trinajstić information content (AvgIpc) is 2.89. The first-order valence-corrected chi connectivity index (χ1v) is 7.79. The van der Waals surface area contributed by atoms with Crippen LogP contribution in [0.2, 0.25) is 0 Å². The normalized spacial score (nSPS) is 16.1. The summed E-state index contributed by atoms with van der Waals surface area (Å²) in [6.07, 6.45) is 11.7. The first-order chi connectivity index (χ1) is 8.79. The van der Waals surface area contributed by atoms with Gasteiger partial charge in [0.25, 0.3) is 0 Å². The topological polar surface area (TPSA) is 46.3 Å². The molecule has 1 amide bonds. The third-order valence-corrected chi connectivity index (χ3v) is 3.95. The van der Waals surface area contributed by atoms with E-state index in [0.717, 1.165) is 19.4 Å². The molecule has 0 aromatic heterocycles. The van der Waals surface area contributed by atoms with Crippen LogP contribution in [0.25, 0.3) is 0 Å². The van der Waals surface area contributed by atoms with Crippen LogP contribution in [0.3, 0.4) is 0 Å². The van der Waals surface area contributed by atoms with E-state index in [1.165, 1.54) is 51.4 Å². The van der Waals surface area contributed by atoms with Gasteiger partial charge in [0.1, 0.15) is 0 Å². The van der Waals surface area contributed by atoms with E-state index in [1.54, 1.807) is 0 Å². The van der Waals surface area contributed by atoms with E-state index in [-0.39, 0.29) is 0 Å². The first kappa shape index (κ1) is 15.5. The maximum atomic E-state index is 12.2. The smallest absolute Gasteiger partial charge is 0.222 e. The highest BCUT2D eigenvalue weighted by molar-refractivity contribution is 5.76. The maximum Gasteiger partial charge on any atom is 0.222 e. The molecule has 3 heteroatoms. The molecule has 0 unspecified atom stereocenters. The van der Waals surface area contributed by atoms with Gasteiger partial charge in [-0.15, -0.1) is 0 Å². The molecular formula is C15H30N2O. The molecule has 0 bridgehead atoms. The molecule has 3 nitrogen and oxygen atoms in total. The zero-order valence-corrected chi connectivity index (χ0v) is 12.0. The Morgan fingerprint density at radius 1 is 1.17 bits per heavy atom. The number of nitrogens with two attached hydrogens (primary N) is 1. The molecule has 0 radical (unpaired) electrons. The van der Waals surface area contributed by atoms with Crippen molar-refractivity contribution >= 4 is 5.91 Å². The Bertz CT molecular complexity index is 225. The van der Waals surface area contributed by atoms with E-state index in [0.29, 0.717) is 18.5 Å². The number of hydrogen-bond acceptors (Lipinski definition) is 2. The average molecular weight is 254 g/mol. The van der Waals surface area contributed by atoms with Gasteiger partial charge in [0.2, 0.25) is 5.91 Å². The van der Waals surface area contributed by atoms with Crippen LogP contribution < -0.4 is 5.73 Å². The number of carbonyl (C=O) groups is 1. The van der Waals surface area contributed by atoms with Crippen LogP contribution in [0.1, 0.15) is 71.1 Å². The van der Waals surface area contributed by atoms with Crippen molar-refractivity contribution in [3.63, 3.8) is 0 Å². The molecule has 0 aliphatic heterocycles. The van der Waals surface area contributed by atoms with Crippen molar-refractivity contribution in [2.24, 2.45) is 5.73 Å². The summed E-state index contributed by atoms with van der Waals surface area (Å²) >= 11 is 0. The zero-order valence-electron chi connectivity index (χ0n) is 12.0. The molecule has 0 aromatic carbocycles. The standard InChI is InChI=1S/C15H30N2O/c1-2-3-4-5-6-11-15(18)17(13-12-16)14-9-7-8-10-14/h14H,2-13,16H2,1H3. The van der Waals surface area contributed by atoms with Gasteiger partial charge in [-0.25, -0.2) is 0 Å². The van der Waals surface area contributed by atoms with E-state index in [9.17, 15) is 4.79 Å². The van der Waals surface area contributed by atoms with Crippen LogP contribution in [-0.2, 0) is 4.79 Å². The van der Waals surface area contributed by atoms with Crippen molar-refractivity contribution < 1.29 is 4.79 Å². The van der Waals surface area contributed by atoms with Crippen LogP contribution in [0.15, 0.2) is 0 Å². The Morgan fingerprint density at radius 2 is 1.83 bits per heavy atom. The molecule has 0 saturated heterocycles. The van der Waals surface area contributed by atoms with Crippen LogP contribution in [0.5, 0.6) is 0 Å². The second-order valence-corrected chi connectivity index (χ2v) is 5.48. The molecule has 18 heavy (non-hydrogen) atoms. The molecule has 1 aliphatic rings. The van der Waals surface area contributed by atoms with Gasteiger partial charge in [0.15, 0.2) is 0 Å². The van der Waals surface area contributed by atoms with Crippen LogP contribution in [0.4, 0.5) is 0 Å². The van der Waals surface area contributed by atoms with Crippen LogP contribution in [-0.4, -0.2) is 29.9 Å². The SMILES string of the molecule is CCCCCCCC(=O)N(CCN)C1CCCC1. The summed E-state index contributed by atoms with van der Waals surface area (Å²) < 4.78 is 0. The highest BCUT2D eigenvalue weighted by Crippen LogP contribution is 2.24. The Balaban J connectivity index is 2.25. The number of unbranched alkanes of at least 4 members (excludes halogenated alkanes) is 4. The van der Waals surface area contributed by atoms with Crippen molar-refractivity contribution in [3.05, 3.63) is 0 Å². The van der Waals surface area contributed by atoms with E-state index in [1.807, 2.05) is 0 Å². The Kier molecular flexibility index (Phi) is 8.06. The lowest BCUT2D eigenvalue weighted by atomic mass is 10.1. The molecule has 0 aromatic rings. The van der Waals surface area contributed by atoms with Gasteiger partial charge in [0, 0.05) is 25.6 Å². The van der Waals surface area contributed by atoms with Crippen LogP contribution >= 0.6 is 0 Å².